The molecule has 1 rings (SSSR count). The van der Waals surface area contributed by atoms with E-state index in [1.807, 2.05) is 18.2 Å². The third-order valence-corrected chi connectivity index (χ3v) is 2.54. The summed E-state index contributed by atoms with van der Waals surface area (Å²) in [4.78, 5) is 0. The topological polar surface area (TPSA) is 0 Å². The van der Waals surface area contributed by atoms with Crippen molar-refractivity contribution in [3.63, 3.8) is 0 Å². The third-order valence-electron chi connectivity index (χ3n) is 1.39. The van der Waals surface area contributed by atoms with Crippen LogP contribution >= 0.6 is 40.2 Å². The second kappa shape index (κ2) is 5.59. The molecule has 0 aliphatic heterocycles. The SMILES string of the molecule is SCCC#Cc1cc(Cl)ccc1Br. The lowest BCUT2D eigenvalue weighted by molar-refractivity contribution is 1.31. The number of hydrogen-bond acceptors (Lipinski definition) is 1. The van der Waals surface area contributed by atoms with E-state index in [1.165, 1.54) is 0 Å². The molecule has 1 aromatic rings. The summed E-state index contributed by atoms with van der Waals surface area (Å²) in [6.07, 6.45) is 0.794. The van der Waals surface area contributed by atoms with Gasteiger partial charge in [-0.1, -0.05) is 23.4 Å². The molecule has 0 fully saturated rings. The lowest BCUT2D eigenvalue weighted by Crippen LogP contribution is -1.77. The first kappa shape index (κ1) is 11.0. The normalized spacial score (nSPS) is 9.15. The van der Waals surface area contributed by atoms with E-state index < -0.39 is 0 Å². The van der Waals surface area contributed by atoms with Crippen molar-refractivity contribution in [1.29, 1.82) is 0 Å². The maximum absolute atomic E-state index is 5.83. The number of halogens is 2. The molecule has 0 unspecified atom stereocenters. The van der Waals surface area contributed by atoms with Crippen molar-refractivity contribution < 1.29 is 0 Å². The van der Waals surface area contributed by atoms with Crippen molar-refractivity contribution in [1.82, 2.24) is 0 Å². The smallest absolute Gasteiger partial charge is 0.0419 e. The first-order valence-electron chi connectivity index (χ1n) is 3.79. The zero-order valence-corrected chi connectivity index (χ0v) is 10.1. The molecule has 3 heteroatoms. The predicted octanol–water partition coefficient (Wildman–Crippen LogP) is 3.77. The molecule has 0 bridgehead atoms. The van der Waals surface area contributed by atoms with Crippen LogP contribution in [-0.2, 0) is 0 Å². The van der Waals surface area contributed by atoms with Crippen LogP contribution in [0.2, 0.25) is 5.02 Å². The highest BCUT2D eigenvalue weighted by molar-refractivity contribution is 9.10. The van der Waals surface area contributed by atoms with Gasteiger partial charge in [0.25, 0.3) is 0 Å². The van der Waals surface area contributed by atoms with Gasteiger partial charge in [0, 0.05) is 27.2 Å². The van der Waals surface area contributed by atoms with Gasteiger partial charge < -0.3 is 0 Å². The molecule has 0 aliphatic rings. The summed E-state index contributed by atoms with van der Waals surface area (Å²) in [5, 5.41) is 0.707. The fourth-order valence-corrected chi connectivity index (χ4v) is 1.44. The molecule has 68 valence electrons. The number of rotatable bonds is 1. The molecule has 1 aromatic carbocycles. The average molecular weight is 276 g/mol. The van der Waals surface area contributed by atoms with Gasteiger partial charge >= 0.3 is 0 Å². The Kier molecular flexibility index (Phi) is 4.72. The summed E-state index contributed by atoms with van der Waals surface area (Å²) in [6, 6.07) is 5.57. The Balaban J connectivity index is 2.89. The second-order valence-electron chi connectivity index (χ2n) is 2.40. The Morgan fingerprint density at radius 3 is 2.92 bits per heavy atom. The molecule has 0 N–H and O–H groups in total. The molecular formula is C10H8BrClS. The molecule has 0 saturated carbocycles. The van der Waals surface area contributed by atoms with E-state index in [1.54, 1.807) is 0 Å². The molecule has 0 heterocycles. The lowest BCUT2D eigenvalue weighted by atomic mass is 10.2. The Morgan fingerprint density at radius 1 is 1.46 bits per heavy atom. The van der Waals surface area contributed by atoms with Gasteiger partial charge in [-0.3, -0.25) is 0 Å². The maximum Gasteiger partial charge on any atom is 0.0419 e. The summed E-state index contributed by atoms with van der Waals surface area (Å²) >= 11 is 13.3. The van der Waals surface area contributed by atoms with E-state index in [-0.39, 0.29) is 0 Å². The van der Waals surface area contributed by atoms with Gasteiger partial charge in [0.1, 0.15) is 0 Å². The van der Waals surface area contributed by atoms with Gasteiger partial charge in [-0.05, 0) is 34.1 Å². The predicted molar refractivity (Wildman–Crippen MR) is 64.5 cm³/mol. The van der Waals surface area contributed by atoms with E-state index in [4.69, 9.17) is 11.6 Å². The van der Waals surface area contributed by atoms with Crippen molar-refractivity contribution >= 4 is 40.2 Å². The Bertz CT molecular complexity index is 352. The largest absolute Gasteiger partial charge is 0.178 e. The van der Waals surface area contributed by atoms with Crippen LogP contribution in [0.1, 0.15) is 12.0 Å². The summed E-state index contributed by atoms with van der Waals surface area (Å²) in [6.45, 7) is 0. The molecule has 0 spiro atoms. The van der Waals surface area contributed by atoms with Gasteiger partial charge in [0.05, 0.1) is 0 Å². The van der Waals surface area contributed by atoms with Gasteiger partial charge in [0.15, 0.2) is 0 Å². The van der Waals surface area contributed by atoms with Crippen LogP contribution < -0.4 is 0 Å². The van der Waals surface area contributed by atoms with E-state index in [0.29, 0.717) is 5.02 Å². The summed E-state index contributed by atoms with van der Waals surface area (Å²) in [5.41, 5.74) is 0.925. The van der Waals surface area contributed by atoms with Crippen LogP contribution in [0.15, 0.2) is 22.7 Å². The standard InChI is InChI=1S/C10H8BrClS/c11-10-5-4-9(12)7-8(10)3-1-2-6-13/h4-5,7,13H,2,6H2. The summed E-state index contributed by atoms with van der Waals surface area (Å²) in [5.74, 6) is 6.81. The maximum atomic E-state index is 5.83. The van der Waals surface area contributed by atoms with Crippen molar-refractivity contribution in [2.45, 2.75) is 6.42 Å². The quantitative estimate of drug-likeness (QED) is 0.585. The highest BCUT2D eigenvalue weighted by Crippen LogP contribution is 2.19. The fraction of sp³-hybridized carbons (Fsp3) is 0.200. The number of hydrogen-bond donors (Lipinski definition) is 1. The van der Waals surface area contributed by atoms with E-state index in [9.17, 15) is 0 Å². The van der Waals surface area contributed by atoms with E-state index >= 15 is 0 Å². The molecule has 0 aliphatic carbocycles. The molecule has 0 amide bonds. The van der Waals surface area contributed by atoms with Gasteiger partial charge in [-0.15, -0.1) is 0 Å². The van der Waals surface area contributed by atoms with Crippen LogP contribution in [0, 0.1) is 11.8 Å². The Labute approximate surface area is 97.2 Å². The molecular weight excluding hydrogens is 268 g/mol. The van der Waals surface area contributed by atoms with Crippen LogP contribution in [0.5, 0.6) is 0 Å². The number of thiol groups is 1. The third kappa shape index (κ3) is 3.64. The average Bonchev–Trinajstić information content (AvgIpc) is 2.11. The highest BCUT2D eigenvalue weighted by atomic mass is 79.9. The molecule has 0 aromatic heterocycles. The molecule has 0 atom stereocenters. The molecule has 0 nitrogen and oxygen atoms in total. The molecule has 0 radical (unpaired) electrons. The second-order valence-corrected chi connectivity index (χ2v) is 4.14. The van der Waals surface area contributed by atoms with E-state index in [2.05, 4.69) is 40.4 Å². The Hall–Kier alpha value is -0.100. The zero-order valence-electron chi connectivity index (χ0n) is 6.85. The first-order valence-corrected chi connectivity index (χ1v) is 5.59. The van der Waals surface area contributed by atoms with Gasteiger partial charge in [-0.25, -0.2) is 0 Å². The summed E-state index contributed by atoms with van der Waals surface area (Å²) < 4.78 is 0.976. The van der Waals surface area contributed by atoms with Crippen LogP contribution in [-0.4, -0.2) is 5.75 Å². The van der Waals surface area contributed by atoms with Crippen LogP contribution in [0.25, 0.3) is 0 Å². The van der Waals surface area contributed by atoms with Crippen LogP contribution in [0.3, 0.4) is 0 Å². The Morgan fingerprint density at radius 2 is 2.23 bits per heavy atom. The molecule has 13 heavy (non-hydrogen) atoms. The van der Waals surface area contributed by atoms with Crippen molar-refractivity contribution in [3.05, 3.63) is 33.3 Å². The lowest BCUT2D eigenvalue weighted by Gasteiger charge is -1.95. The monoisotopic (exact) mass is 274 g/mol. The molecule has 0 saturated heterocycles. The van der Waals surface area contributed by atoms with E-state index in [0.717, 1.165) is 22.2 Å². The summed E-state index contributed by atoms with van der Waals surface area (Å²) in [7, 11) is 0. The minimum absolute atomic E-state index is 0.707. The minimum atomic E-state index is 0.707. The minimum Gasteiger partial charge on any atom is -0.178 e. The fourth-order valence-electron chi connectivity index (χ4n) is 0.807. The van der Waals surface area contributed by atoms with Crippen LogP contribution in [0.4, 0.5) is 0 Å². The first-order chi connectivity index (χ1) is 6.24. The number of benzene rings is 1. The zero-order chi connectivity index (χ0) is 9.68. The van der Waals surface area contributed by atoms with Gasteiger partial charge in [-0.2, -0.15) is 12.6 Å². The highest BCUT2D eigenvalue weighted by Gasteiger charge is 1.96. The van der Waals surface area contributed by atoms with Gasteiger partial charge in [0.2, 0.25) is 0 Å². The van der Waals surface area contributed by atoms with Crippen molar-refractivity contribution in [3.8, 4) is 11.8 Å². The van der Waals surface area contributed by atoms with Crippen molar-refractivity contribution in [2.24, 2.45) is 0 Å². The van der Waals surface area contributed by atoms with Crippen molar-refractivity contribution in [2.75, 3.05) is 5.75 Å².